The van der Waals surface area contributed by atoms with E-state index in [1.165, 1.54) is 35.0 Å². The quantitative estimate of drug-likeness (QED) is 0.856. The Labute approximate surface area is 131 Å². The van der Waals surface area contributed by atoms with E-state index in [2.05, 4.69) is 0 Å². The molecule has 2 rings (SSSR count). The number of esters is 1. The van der Waals surface area contributed by atoms with Gasteiger partial charge in [0.1, 0.15) is 0 Å². The molecule has 1 aromatic carbocycles. The molecule has 0 amide bonds. The number of halogens is 2. The molecule has 0 aliphatic rings. The van der Waals surface area contributed by atoms with Gasteiger partial charge in [-0.15, -0.1) is 0 Å². The minimum absolute atomic E-state index is 0.0754. The van der Waals surface area contributed by atoms with Crippen molar-refractivity contribution in [3.63, 3.8) is 0 Å². The van der Waals surface area contributed by atoms with Crippen LogP contribution in [0.15, 0.2) is 36.7 Å². The lowest BCUT2D eigenvalue weighted by Crippen LogP contribution is -2.13. The summed E-state index contributed by atoms with van der Waals surface area (Å²) in [6.07, 6.45) is 2.39. The van der Waals surface area contributed by atoms with E-state index >= 15 is 0 Å². The summed E-state index contributed by atoms with van der Waals surface area (Å²) in [7, 11) is 0. The number of ether oxygens (including phenoxy) is 1. The van der Waals surface area contributed by atoms with Crippen molar-refractivity contribution in [2.75, 3.05) is 6.61 Å². The Hall–Kier alpha value is -2.70. The number of alkyl halides is 2. The molecule has 1 N–H and O–H groups in total. The first kappa shape index (κ1) is 16.7. The van der Waals surface area contributed by atoms with Crippen molar-refractivity contribution in [3.05, 3.63) is 53.3 Å². The third-order valence-electron chi connectivity index (χ3n) is 3.21. The molecule has 1 aromatic heterocycles. The average molecular weight is 323 g/mol. The van der Waals surface area contributed by atoms with Crippen molar-refractivity contribution in [1.29, 1.82) is 0 Å². The molecule has 2 aromatic rings. The number of benzene rings is 1. The van der Waals surface area contributed by atoms with Gasteiger partial charge in [0, 0.05) is 25.0 Å². The molecule has 122 valence electrons. The molecule has 0 aliphatic carbocycles. The van der Waals surface area contributed by atoms with Crippen molar-refractivity contribution in [2.24, 2.45) is 0 Å². The lowest BCUT2D eigenvalue weighted by Gasteiger charge is -2.10. The van der Waals surface area contributed by atoms with Crippen molar-refractivity contribution in [2.45, 2.75) is 19.8 Å². The Morgan fingerprint density at radius 1 is 1.22 bits per heavy atom. The number of nitrogens with zero attached hydrogens (tertiary/aromatic N) is 1. The highest BCUT2D eigenvalue weighted by molar-refractivity contribution is 5.91. The van der Waals surface area contributed by atoms with E-state index in [1.54, 1.807) is 6.92 Å². The molecule has 0 saturated carbocycles. The first-order valence-corrected chi connectivity index (χ1v) is 6.85. The highest BCUT2D eigenvalue weighted by atomic mass is 19.3. The summed E-state index contributed by atoms with van der Waals surface area (Å²) in [6.45, 7) is 2.36. The fourth-order valence-electron chi connectivity index (χ4n) is 2.10. The van der Waals surface area contributed by atoms with Crippen LogP contribution in [0.4, 0.5) is 8.78 Å². The first-order chi connectivity index (χ1) is 10.7. The number of rotatable bonds is 5. The van der Waals surface area contributed by atoms with Crippen LogP contribution in [0.5, 0.6) is 0 Å². The van der Waals surface area contributed by atoms with Crippen LogP contribution >= 0.6 is 0 Å². The van der Waals surface area contributed by atoms with Crippen LogP contribution in [0, 0.1) is 0 Å². The predicted molar refractivity (Wildman–Crippen MR) is 78.3 cm³/mol. The van der Waals surface area contributed by atoms with Gasteiger partial charge in [-0.3, -0.25) is 0 Å². The van der Waals surface area contributed by atoms with E-state index in [0.29, 0.717) is 12.6 Å². The van der Waals surface area contributed by atoms with Gasteiger partial charge < -0.3 is 14.4 Å². The van der Waals surface area contributed by atoms with Gasteiger partial charge in [0.15, 0.2) is 0 Å². The SMILES string of the molecule is CCOC(=O)c1cn(-c2ccc(C(=O)O)cc2)cc1C(C)(F)F. The molecule has 0 aliphatic heterocycles. The van der Waals surface area contributed by atoms with Crippen molar-refractivity contribution >= 4 is 11.9 Å². The fourth-order valence-corrected chi connectivity index (χ4v) is 2.10. The number of hydrogen-bond acceptors (Lipinski definition) is 3. The molecule has 5 nitrogen and oxygen atoms in total. The second-order valence-electron chi connectivity index (χ2n) is 4.95. The Bertz CT molecular complexity index is 730. The largest absolute Gasteiger partial charge is 0.478 e. The number of carboxylic acid groups (broad SMARTS) is 1. The maximum absolute atomic E-state index is 13.7. The van der Waals surface area contributed by atoms with Gasteiger partial charge in [-0.2, -0.15) is 0 Å². The van der Waals surface area contributed by atoms with Crippen molar-refractivity contribution < 1.29 is 28.2 Å². The van der Waals surface area contributed by atoms with E-state index in [4.69, 9.17) is 9.84 Å². The monoisotopic (exact) mass is 323 g/mol. The molecule has 0 fully saturated rings. The molecular formula is C16H15F2NO4. The van der Waals surface area contributed by atoms with E-state index in [-0.39, 0.29) is 17.7 Å². The maximum atomic E-state index is 13.7. The maximum Gasteiger partial charge on any atom is 0.340 e. The molecule has 0 atom stereocenters. The standard InChI is InChI=1S/C16H15F2NO4/c1-3-23-15(22)12-8-19(9-13(12)16(2,17)18)11-6-4-10(5-7-11)14(20)21/h4-9H,3H2,1-2H3,(H,20,21). The van der Waals surface area contributed by atoms with Gasteiger partial charge >= 0.3 is 11.9 Å². The van der Waals surface area contributed by atoms with Crippen LogP contribution in [0.25, 0.3) is 5.69 Å². The summed E-state index contributed by atoms with van der Waals surface area (Å²) in [6, 6.07) is 5.64. The summed E-state index contributed by atoms with van der Waals surface area (Å²) in [5, 5.41) is 8.87. The minimum atomic E-state index is -3.21. The van der Waals surface area contributed by atoms with Crippen molar-refractivity contribution in [1.82, 2.24) is 4.57 Å². The normalized spacial score (nSPS) is 11.3. The Morgan fingerprint density at radius 3 is 2.30 bits per heavy atom. The second kappa shape index (κ2) is 6.20. The van der Waals surface area contributed by atoms with Crippen LogP contribution in [0.3, 0.4) is 0 Å². The highest BCUT2D eigenvalue weighted by Crippen LogP contribution is 2.32. The minimum Gasteiger partial charge on any atom is -0.478 e. The summed E-state index contributed by atoms with van der Waals surface area (Å²) >= 11 is 0. The Kier molecular flexibility index (Phi) is 4.49. The summed E-state index contributed by atoms with van der Waals surface area (Å²) < 4.78 is 33.6. The van der Waals surface area contributed by atoms with Crippen LogP contribution < -0.4 is 0 Å². The average Bonchev–Trinajstić information content (AvgIpc) is 2.93. The summed E-state index contributed by atoms with van der Waals surface area (Å²) in [5.41, 5.74) is -0.136. The van der Waals surface area contributed by atoms with Crippen LogP contribution in [-0.2, 0) is 10.7 Å². The summed E-state index contributed by atoms with van der Waals surface area (Å²) in [4.78, 5) is 22.7. The second-order valence-corrected chi connectivity index (χ2v) is 4.95. The van der Waals surface area contributed by atoms with Crippen molar-refractivity contribution in [3.8, 4) is 5.69 Å². The lowest BCUT2D eigenvalue weighted by atomic mass is 10.1. The van der Waals surface area contributed by atoms with Gasteiger partial charge in [-0.05, 0) is 31.2 Å². The molecule has 0 radical (unpaired) electrons. The zero-order valence-corrected chi connectivity index (χ0v) is 12.5. The van der Waals surface area contributed by atoms with Crippen LogP contribution in [0.1, 0.15) is 40.1 Å². The van der Waals surface area contributed by atoms with Gasteiger partial charge in [-0.25, -0.2) is 18.4 Å². The van der Waals surface area contributed by atoms with E-state index < -0.39 is 23.4 Å². The molecule has 23 heavy (non-hydrogen) atoms. The van der Waals surface area contributed by atoms with E-state index in [9.17, 15) is 18.4 Å². The molecule has 0 saturated heterocycles. The number of carboxylic acids is 1. The number of carbonyl (C=O) groups excluding carboxylic acids is 1. The number of hydrogen-bond donors (Lipinski definition) is 1. The summed E-state index contributed by atoms with van der Waals surface area (Å²) in [5.74, 6) is -5.13. The fraction of sp³-hybridized carbons (Fsp3) is 0.250. The highest BCUT2D eigenvalue weighted by Gasteiger charge is 2.32. The van der Waals surface area contributed by atoms with Gasteiger partial charge in [0.25, 0.3) is 5.92 Å². The molecular weight excluding hydrogens is 308 g/mol. The number of carbonyl (C=O) groups is 2. The Balaban J connectivity index is 2.47. The van der Waals surface area contributed by atoms with Gasteiger partial charge in [0.05, 0.1) is 23.3 Å². The first-order valence-electron chi connectivity index (χ1n) is 6.85. The molecule has 1 heterocycles. The predicted octanol–water partition coefficient (Wildman–Crippen LogP) is 3.46. The third kappa shape index (κ3) is 3.56. The van der Waals surface area contributed by atoms with Crippen LogP contribution in [-0.4, -0.2) is 28.2 Å². The van der Waals surface area contributed by atoms with E-state index in [1.807, 2.05) is 0 Å². The number of aromatic carboxylic acids is 1. The lowest BCUT2D eigenvalue weighted by molar-refractivity contribution is 0.0145. The molecule has 0 spiro atoms. The molecule has 7 heteroatoms. The number of aromatic nitrogens is 1. The zero-order chi connectivity index (χ0) is 17.2. The molecule has 0 bridgehead atoms. The zero-order valence-electron chi connectivity index (χ0n) is 12.5. The third-order valence-corrected chi connectivity index (χ3v) is 3.21. The molecule has 0 unspecified atom stereocenters. The Morgan fingerprint density at radius 2 is 1.83 bits per heavy atom. The topological polar surface area (TPSA) is 68.5 Å². The van der Waals surface area contributed by atoms with Crippen LogP contribution in [0.2, 0.25) is 0 Å². The van der Waals surface area contributed by atoms with Gasteiger partial charge in [-0.1, -0.05) is 0 Å². The van der Waals surface area contributed by atoms with Gasteiger partial charge in [0.2, 0.25) is 0 Å². The smallest absolute Gasteiger partial charge is 0.340 e. The van der Waals surface area contributed by atoms with E-state index in [0.717, 1.165) is 6.20 Å².